The summed E-state index contributed by atoms with van der Waals surface area (Å²) in [6.45, 7) is 4.92. The molecule has 2 aromatic carbocycles. The highest BCUT2D eigenvalue weighted by atomic mass is 32.2. The Morgan fingerprint density at radius 1 is 1.16 bits per heavy atom. The molecule has 2 aromatic rings. The third-order valence-electron chi connectivity index (χ3n) is 5.39. The van der Waals surface area contributed by atoms with Gasteiger partial charge in [-0.1, -0.05) is 72.5 Å². The molecule has 7 heteroatoms. The molecule has 2 heterocycles. The van der Waals surface area contributed by atoms with Crippen LogP contribution in [0.2, 0.25) is 0 Å². The van der Waals surface area contributed by atoms with Crippen LogP contribution in [-0.2, 0) is 16.0 Å². The first-order valence-corrected chi connectivity index (χ1v) is 12.1. The van der Waals surface area contributed by atoms with Gasteiger partial charge < -0.3 is 15.4 Å². The number of para-hydroxylation sites is 1. The highest BCUT2D eigenvalue weighted by Gasteiger charge is 2.31. The van der Waals surface area contributed by atoms with E-state index in [2.05, 4.69) is 39.8 Å². The van der Waals surface area contributed by atoms with Crippen molar-refractivity contribution in [3.8, 4) is 0 Å². The number of carbonyl (C=O) groups is 1. The quantitative estimate of drug-likeness (QED) is 0.454. The summed E-state index contributed by atoms with van der Waals surface area (Å²) in [6, 6.07) is 20.3. The van der Waals surface area contributed by atoms with E-state index in [0.29, 0.717) is 22.2 Å². The van der Waals surface area contributed by atoms with Crippen LogP contribution in [0.5, 0.6) is 0 Å². The van der Waals surface area contributed by atoms with Crippen LogP contribution in [-0.4, -0.2) is 42.1 Å². The summed E-state index contributed by atoms with van der Waals surface area (Å²) in [5.74, 6) is -0.370. The Morgan fingerprint density at radius 3 is 2.59 bits per heavy atom. The number of anilines is 1. The number of hydrogen-bond acceptors (Lipinski definition) is 6. The highest BCUT2D eigenvalue weighted by molar-refractivity contribution is 8.08. The third-order valence-corrected chi connectivity index (χ3v) is 7.06. The molecule has 0 radical (unpaired) electrons. The monoisotopic (exact) mass is 465 g/mol. The largest absolute Gasteiger partial charge is 0.461 e. The Labute approximate surface area is 198 Å². The van der Waals surface area contributed by atoms with Crippen LogP contribution in [0.15, 0.2) is 81.9 Å². The van der Waals surface area contributed by atoms with Crippen LogP contribution in [0.3, 0.4) is 0 Å². The second kappa shape index (κ2) is 10.8. The number of ether oxygens (including phenoxy) is 1. The van der Waals surface area contributed by atoms with Crippen molar-refractivity contribution >= 4 is 40.6 Å². The second-order valence-corrected chi connectivity index (χ2v) is 9.15. The lowest BCUT2D eigenvalue weighted by atomic mass is 10.1. The van der Waals surface area contributed by atoms with Crippen molar-refractivity contribution in [3.05, 3.63) is 87.4 Å². The van der Waals surface area contributed by atoms with Crippen molar-refractivity contribution in [3.63, 3.8) is 0 Å². The zero-order chi connectivity index (χ0) is 22.3. The first-order chi connectivity index (χ1) is 15.6. The van der Waals surface area contributed by atoms with Gasteiger partial charge in [0.15, 0.2) is 0 Å². The Hall–Kier alpha value is -2.61. The van der Waals surface area contributed by atoms with Gasteiger partial charge >= 0.3 is 5.97 Å². The number of carbonyl (C=O) groups excluding carboxylic acids is 1. The molecular formula is C25H27N3O2S2. The summed E-state index contributed by atoms with van der Waals surface area (Å²) in [6.07, 6.45) is 1.89. The molecule has 166 valence electrons. The van der Waals surface area contributed by atoms with E-state index in [1.54, 1.807) is 11.8 Å². The van der Waals surface area contributed by atoms with E-state index in [1.165, 1.54) is 10.5 Å². The Kier molecular flexibility index (Phi) is 7.63. The van der Waals surface area contributed by atoms with E-state index in [-0.39, 0.29) is 5.97 Å². The molecule has 0 saturated heterocycles. The average Bonchev–Trinajstić information content (AvgIpc) is 2.83. The van der Waals surface area contributed by atoms with Gasteiger partial charge in [-0.2, -0.15) is 0 Å². The topological polar surface area (TPSA) is 53.6 Å². The molecule has 5 nitrogen and oxygen atoms in total. The van der Waals surface area contributed by atoms with Crippen LogP contribution in [0.25, 0.3) is 0 Å². The molecule has 0 spiro atoms. The number of rotatable bonds is 7. The summed E-state index contributed by atoms with van der Waals surface area (Å²) in [5, 5.41) is 6.62. The van der Waals surface area contributed by atoms with Gasteiger partial charge in [0.2, 0.25) is 0 Å². The minimum atomic E-state index is -0.370. The summed E-state index contributed by atoms with van der Waals surface area (Å²) in [4.78, 5) is 17.6. The second-order valence-electron chi connectivity index (χ2n) is 7.64. The number of thioether (sulfide) groups is 1. The van der Waals surface area contributed by atoms with Gasteiger partial charge in [-0.3, -0.25) is 4.90 Å². The standard InChI is InChI=1S/C25H27N3O2S2/c1-2-30-25(29)22-23(24(31)26-19-11-7-4-8-12-19)32-21-17-28(16-14-20(21)27-22)15-13-18-9-5-3-6-10-18/h3-12,27H,2,13-17H2,1H3,(H,26,31). The fourth-order valence-corrected chi connectivity index (χ4v) is 5.23. The zero-order valence-corrected chi connectivity index (χ0v) is 19.7. The van der Waals surface area contributed by atoms with Crippen molar-refractivity contribution < 1.29 is 9.53 Å². The summed E-state index contributed by atoms with van der Waals surface area (Å²) < 4.78 is 5.31. The van der Waals surface area contributed by atoms with Crippen LogP contribution in [0.4, 0.5) is 5.69 Å². The molecular weight excluding hydrogens is 438 g/mol. The fraction of sp³-hybridized carbons (Fsp3) is 0.280. The molecule has 2 aliphatic heterocycles. The van der Waals surface area contributed by atoms with Gasteiger partial charge in [0.05, 0.1) is 11.5 Å². The first kappa shape index (κ1) is 22.6. The van der Waals surface area contributed by atoms with E-state index in [1.807, 2.05) is 43.3 Å². The molecule has 2 N–H and O–H groups in total. The lowest BCUT2D eigenvalue weighted by Gasteiger charge is -2.34. The van der Waals surface area contributed by atoms with Crippen molar-refractivity contribution in [2.24, 2.45) is 0 Å². The van der Waals surface area contributed by atoms with Gasteiger partial charge in [-0.05, 0) is 31.0 Å². The molecule has 0 fully saturated rings. The van der Waals surface area contributed by atoms with E-state index in [4.69, 9.17) is 17.0 Å². The summed E-state index contributed by atoms with van der Waals surface area (Å²) in [7, 11) is 0. The third kappa shape index (κ3) is 5.59. The van der Waals surface area contributed by atoms with E-state index in [9.17, 15) is 4.79 Å². The molecule has 4 rings (SSSR count). The SMILES string of the molecule is CCOC(=O)C1=C(C(=S)Nc2ccccc2)SC2=C(CCN(CCc3ccccc3)C2)N1. The van der Waals surface area contributed by atoms with Crippen LogP contribution in [0, 0.1) is 0 Å². The Morgan fingerprint density at radius 2 is 1.88 bits per heavy atom. The molecule has 0 aromatic heterocycles. The van der Waals surface area contributed by atoms with Gasteiger partial charge in [0, 0.05) is 42.3 Å². The average molecular weight is 466 g/mol. The van der Waals surface area contributed by atoms with Crippen LogP contribution in [0.1, 0.15) is 18.9 Å². The number of nitrogens with one attached hydrogen (secondary N) is 2. The predicted molar refractivity (Wildman–Crippen MR) is 135 cm³/mol. The molecule has 32 heavy (non-hydrogen) atoms. The number of esters is 1. The van der Waals surface area contributed by atoms with Gasteiger partial charge in [-0.15, -0.1) is 0 Å². The van der Waals surface area contributed by atoms with Crippen molar-refractivity contribution in [1.29, 1.82) is 0 Å². The van der Waals surface area contributed by atoms with Crippen molar-refractivity contribution in [2.45, 2.75) is 19.8 Å². The zero-order valence-electron chi connectivity index (χ0n) is 18.1. The van der Waals surface area contributed by atoms with E-state index in [0.717, 1.165) is 43.9 Å². The van der Waals surface area contributed by atoms with Gasteiger partial charge in [0.25, 0.3) is 0 Å². The van der Waals surface area contributed by atoms with Crippen molar-refractivity contribution in [2.75, 3.05) is 31.6 Å². The molecule has 0 aliphatic carbocycles. The van der Waals surface area contributed by atoms with Gasteiger partial charge in [0.1, 0.15) is 10.7 Å². The van der Waals surface area contributed by atoms with E-state index >= 15 is 0 Å². The molecule has 0 bridgehead atoms. The summed E-state index contributed by atoms with van der Waals surface area (Å²) >= 11 is 7.28. The van der Waals surface area contributed by atoms with E-state index < -0.39 is 0 Å². The highest BCUT2D eigenvalue weighted by Crippen LogP contribution is 2.38. The molecule has 0 saturated carbocycles. The molecule has 0 atom stereocenters. The molecule has 2 aliphatic rings. The smallest absolute Gasteiger partial charge is 0.356 e. The minimum absolute atomic E-state index is 0.319. The maximum Gasteiger partial charge on any atom is 0.356 e. The first-order valence-electron chi connectivity index (χ1n) is 10.8. The number of hydrogen-bond donors (Lipinski definition) is 2. The molecule has 0 amide bonds. The van der Waals surface area contributed by atoms with Gasteiger partial charge in [-0.25, -0.2) is 4.79 Å². The number of benzene rings is 2. The van der Waals surface area contributed by atoms with Crippen LogP contribution < -0.4 is 10.6 Å². The minimum Gasteiger partial charge on any atom is -0.461 e. The summed E-state index contributed by atoms with van der Waals surface area (Å²) in [5.41, 5.74) is 3.77. The number of thiocarbonyl (C=S) groups is 1. The Balaban J connectivity index is 1.48. The number of nitrogens with zero attached hydrogens (tertiary/aromatic N) is 1. The lowest BCUT2D eigenvalue weighted by molar-refractivity contribution is -0.138. The normalized spacial score (nSPS) is 16.3. The van der Waals surface area contributed by atoms with Crippen LogP contribution >= 0.6 is 24.0 Å². The lowest BCUT2D eigenvalue weighted by Crippen LogP contribution is -2.39. The maximum atomic E-state index is 12.7. The fourth-order valence-electron chi connectivity index (χ4n) is 3.73. The maximum absolute atomic E-state index is 12.7. The molecule has 0 unspecified atom stereocenters. The Bertz CT molecular complexity index is 1040. The predicted octanol–water partition coefficient (Wildman–Crippen LogP) is 4.70. The van der Waals surface area contributed by atoms with Crippen molar-refractivity contribution in [1.82, 2.24) is 10.2 Å².